The number of carbonyl (C=O) groups excluding carboxylic acids is 1. The van der Waals surface area contributed by atoms with Crippen molar-refractivity contribution in [3.63, 3.8) is 0 Å². The van der Waals surface area contributed by atoms with E-state index in [4.69, 9.17) is 5.14 Å². The summed E-state index contributed by atoms with van der Waals surface area (Å²) in [5, 5.41) is 8.06. The molecule has 0 heterocycles. The lowest BCUT2D eigenvalue weighted by Gasteiger charge is -2.25. The highest BCUT2D eigenvalue weighted by molar-refractivity contribution is 7.89. The van der Waals surface area contributed by atoms with Crippen molar-refractivity contribution in [2.24, 2.45) is 5.14 Å². The Morgan fingerprint density at radius 2 is 1.80 bits per heavy atom. The maximum atomic E-state index is 12.3. The number of rotatable bonds is 4. The summed E-state index contributed by atoms with van der Waals surface area (Å²) in [6.45, 7) is 9.22. The Kier molecular flexibility index (Phi) is 4.61. The van der Waals surface area contributed by atoms with Crippen molar-refractivity contribution in [1.29, 1.82) is 0 Å². The zero-order valence-corrected chi connectivity index (χ0v) is 13.4. The molecule has 1 aromatic rings. The quantitative estimate of drug-likeness (QED) is 0.889. The number of benzene rings is 1. The van der Waals surface area contributed by atoms with Crippen LogP contribution in [0.1, 0.15) is 48.7 Å². The van der Waals surface area contributed by atoms with Crippen molar-refractivity contribution in [2.45, 2.75) is 51.5 Å². The summed E-state index contributed by atoms with van der Waals surface area (Å²) in [5.41, 5.74) is 1.24. The summed E-state index contributed by atoms with van der Waals surface area (Å²) in [4.78, 5) is 12.3. The van der Waals surface area contributed by atoms with E-state index in [-0.39, 0.29) is 16.3 Å². The number of nitrogens with two attached hydrogens (primary N) is 1. The second-order valence-corrected chi connectivity index (χ2v) is 7.20. The van der Waals surface area contributed by atoms with Crippen LogP contribution in [0.15, 0.2) is 17.0 Å². The van der Waals surface area contributed by atoms with Gasteiger partial charge in [0.2, 0.25) is 10.0 Å². The van der Waals surface area contributed by atoms with Crippen molar-refractivity contribution in [1.82, 2.24) is 5.32 Å². The van der Waals surface area contributed by atoms with Gasteiger partial charge in [-0.15, -0.1) is 0 Å². The minimum atomic E-state index is -3.84. The number of aryl methyl sites for hydroxylation is 2. The molecule has 0 aliphatic rings. The summed E-state index contributed by atoms with van der Waals surface area (Å²) in [6.07, 6.45) is 0.770. The molecular formula is C14H22N2O3S. The van der Waals surface area contributed by atoms with E-state index in [0.717, 1.165) is 12.0 Å². The molecule has 0 unspecified atom stereocenters. The summed E-state index contributed by atoms with van der Waals surface area (Å²) < 4.78 is 23.1. The molecule has 0 aliphatic carbocycles. The second kappa shape index (κ2) is 5.54. The van der Waals surface area contributed by atoms with Gasteiger partial charge in [0.1, 0.15) is 0 Å². The van der Waals surface area contributed by atoms with Gasteiger partial charge < -0.3 is 5.32 Å². The van der Waals surface area contributed by atoms with E-state index in [1.807, 2.05) is 20.8 Å². The Hall–Kier alpha value is -1.40. The highest BCUT2D eigenvalue weighted by Gasteiger charge is 2.22. The molecule has 0 saturated heterocycles. The third-order valence-corrected chi connectivity index (χ3v) is 4.46. The smallest absolute Gasteiger partial charge is 0.252 e. The zero-order chi connectivity index (χ0) is 15.7. The molecule has 0 atom stereocenters. The molecule has 6 heteroatoms. The molecule has 0 fully saturated rings. The molecule has 0 bridgehead atoms. The van der Waals surface area contributed by atoms with Crippen LogP contribution >= 0.6 is 0 Å². The number of hydrogen-bond acceptors (Lipinski definition) is 3. The van der Waals surface area contributed by atoms with Gasteiger partial charge in [-0.25, -0.2) is 13.6 Å². The van der Waals surface area contributed by atoms with Crippen molar-refractivity contribution >= 4 is 15.9 Å². The molecule has 1 amide bonds. The molecule has 3 N–H and O–H groups in total. The predicted octanol–water partition coefficient (Wildman–Crippen LogP) is 1.87. The van der Waals surface area contributed by atoms with Crippen LogP contribution in [0.4, 0.5) is 0 Å². The van der Waals surface area contributed by atoms with E-state index >= 15 is 0 Å². The minimum Gasteiger partial charge on any atom is -0.347 e. The first-order valence-corrected chi connectivity index (χ1v) is 7.99. The summed E-state index contributed by atoms with van der Waals surface area (Å²) >= 11 is 0. The molecular weight excluding hydrogens is 276 g/mol. The van der Waals surface area contributed by atoms with E-state index in [9.17, 15) is 13.2 Å². The molecule has 20 heavy (non-hydrogen) atoms. The average Bonchev–Trinajstić information content (AvgIpc) is 2.26. The fourth-order valence-corrected chi connectivity index (χ4v) is 2.64. The standard InChI is InChI=1S/C14H22N2O3S/c1-6-14(4,5)16-13(17)11-8-12(20(15,18)19)10(3)7-9(11)2/h7-8H,6H2,1-5H3,(H,16,17)(H2,15,18,19). The first kappa shape index (κ1) is 16.7. The van der Waals surface area contributed by atoms with Gasteiger partial charge in [-0.05, 0) is 51.3 Å². The number of sulfonamides is 1. The van der Waals surface area contributed by atoms with Crippen LogP contribution in [0.5, 0.6) is 0 Å². The lowest BCUT2D eigenvalue weighted by atomic mass is 9.99. The van der Waals surface area contributed by atoms with Gasteiger partial charge >= 0.3 is 0 Å². The lowest BCUT2D eigenvalue weighted by Crippen LogP contribution is -2.43. The van der Waals surface area contributed by atoms with Crippen LogP contribution < -0.4 is 10.5 Å². The van der Waals surface area contributed by atoms with Crippen molar-refractivity contribution in [2.75, 3.05) is 0 Å². The average molecular weight is 298 g/mol. The Morgan fingerprint density at radius 3 is 2.25 bits per heavy atom. The molecule has 0 radical (unpaired) electrons. The molecule has 0 aliphatic heterocycles. The predicted molar refractivity (Wildman–Crippen MR) is 79.1 cm³/mol. The molecule has 0 spiro atoms. The first-order valence-electron chi connectivity index (χ1n) is 6.44. The largest absolute Gasteiger partial charge is 0.347 e. The molecule has 5 nitrogen and oxygen atoms in total. The topological polar surface area (TPSA) is 89.3 Å². The molecule has 1 aromatic carbocycles. The highest BCUT2D eigenvalue weighted by Crippen LogP contribution is 2.20. The van der Waals surface area contributed by atoms with Crippen LogP contribution in [-0.4, -0.2) is 19.9 Å². The van der Waals surface area contributed by atoms with E-state index < -0.39 is 10.0 Å². The Bertz CT molecular complexity index is 634. The fourth-order valence-electron chi connectivity index (χ4n) is 1.85. The zero-order valence-electron chi connectivity index (χ0n) is 12.6. The normalized spacial score (nSPS) is 12.3. The van der Waals surface area contributed by atoms with Crippen molar-refractivity contribution < 1.29 is 13.2 Å². The summed E-state index contributed by atoms with van der Waals surface area (Å²) in [7, 11) is -3.84. The number of amides is 1. The van der Waals surface area contributed by atoms with Crippen LogP contribution in [0.3, 0.4) is 0 Å². The lowest BCUT2D eigenvalue weighted by molar-refractivity contribution is 0.0910. The Balaban J connectivity index is 3.30. The van der Waals surface area contributed by atoms with Gasteiger partial charge in [-0.1, -0.05) is 13.0 Å². The third kappa shape index (κ3) is 3.80. The Labute approximate surface area is 120 Å². The van der Waals surface area contributed by atoms with Gasteiger partial charge in [0.05, 0.1) is 4.90 Å². The molecule has 112 valence electrons. The first-order chi connectivity index (χ1) is 8.98. The van der Waals surface area contributed by atoms with E-state index in [1.165, 1.54) is 6.07 Å². The van der Waals surface area contributed by atoms with Crippen LogP contribution in [-0.2, 0) is 10.0 Å². The monoisotopic (exact) mass is 298 g/mol. The molecule has 0 aromatic heterocycles. The highest BCUT2D eigenvalue weighted by atomic mass is 32.2. The number of carbonyl (C=O) groups is 1. The number of nitrogens with one attached hydrogen (secondary N) is 1. The maximum absolute atomic E-state index is 12.3. The van der Waals surface area contributed by atoms with Crippen molar-refractivity contribution in [3.05, 3.63) is 28.8 Å². The fraction of sp³-hybridized carbons (Fsp3) is 0.500. The van der Waals surface area contributed by atoms with Crippen LogP contribution in [0.25, 0.3) is 0 Å². The summed E-state index contributed by atoms with van der Waals surface area (Å²) in [6, 6.07) is 3.01. The van der Waals surface area contributed by atoms with Crippen LogP contribution in [0.2, 0.25) is 0 Å². The maximum Gasteiger partial charge on any atom is 0.252 e. The van der Waals surface area contributed by atoms with E-state index in [0.29, 0.717) is 11.1 Å². The third-order valence-electron chi connectivity index (χ3n) is 3.41. The number of primary sulfonamides is 1. The SMILES string of the molecule is CCC(C)(C)NC(=O)c1cc(S(N)(=O)=O)c(C)cc1C. The van der Waals surface area contributed by atoms with E-state index in [2.05, 4.69) is 5.32 Å². The van der Waals surface area contributed by atoms with Gasteiger partial charge in [0, 0.05) is 11.1 Å². The van der Waals surface area contributed by atoms with Gasteiger partial charge in [-0.2, -0.15) is 0 Å². The number of hydrogen-bond donors (Lipinski definition) is 2. The van der Waals surface area contributed by atoms with Gasteiger partial charge in [0.15, 0.2) is 0 Å². The molecule has 1 rings (SSSR count). The van der Waals surface area contributed by atoms with Crippen molar-refractivity contribution in [3.8, 4) is 0 Å². The van der Waals surface area contributed by atoms with Gasteiger partial charge in [0.25, 0.3) is 5.91 Å². The molecule has 0 saturated carbocycles. The Morgan fingerprint density at radius 1 is 1.25 bits per heavy atom. The van der Waals surface area contributed by atoms with E-state index in [1.54, 1.807) is 19.9 Å². The summed E-state index contributed by atoms with van der Waals surface area (Å²) in [5.74, 6) is -0.292. The minimum absolute atomic E-state index is 0.0115. The van der Waals surface area contributed by atoms with Gasteiger partial charge in [-0.3, -0.25) is 4.79 Å². The second-order valence-electron chi connectivity index (χ2n) is 5.67. The van der Waals surface area contributed by atoms with Crippen LogP contribution in [0, 0.1) is 13.8 Å².